The van der Waals surface area contributed by atoms with Gasteiger partial charge in [-0.1, -0.05) is 0 Å². The number of nitrogens with two attached hydrogens (primary N) is 1. The number of nitrogens with zero attached hydrogens (tertiary/aromatic N) is 4. The molecule has 1 aliphatic rings. The summed E-state index contributed by atoms with van der Waals surface area (Å²) in [6, 6.07) is 11.2. The number of hydrogen-bond donors (Lipinski definition) is 1. The van der Waals surface area contributed by atoms with Crippen LogP contribution in [0.4, 0.5) is 19.0 Å². The summed E-state index contributed by atoms with van der Waals surface area (Å²) in [4.78, 5) is 23.2. The number of carbonyl (C=O) groups excluding carboxylic acids is 1. The summed E-state index contributed by atoms with van der Waals surface area (Å²) in [6.07, 6.45) is -2.66. The van der Waals surface area contributed by atoms with Gasteiger partial charge in [0.1, 0.15) is 5.82 Å². The second-order valence-electron chi connectivity index (χ2n) is 8.02. The smallest absolute Gasteiger partial charge is 0.383 e. The van der Waals surface area contributed by atoms with E-state index in [1.54, 1.807) is 23.1 Å². The van der Waals surface area contributed by atoms with Crippen LogP contribution in [-0.4, -0.2) is 26.8 Å². The first-order valence-corrected chi connectivity index (χ1v) is 10.1. The van der Waals surface area contributed by atoms with Gasteiger partial charge in [-0.05, 0) is 61.7 Å². The molecule has 32 heavy (non-hydrogen) atoms. The first-order chi connectivity index (χ1) is 15.2. The minimum absolute atomic E-state index is 0.0524. The number of pyridine rings is 2. The molecule has 1 aromatic carbocycles. The number of amides is 1. The maximum atomic E-state index is 13.4. The number of anilines is 1. The lowest BCUT2D eigenvalue weighted by Crippen LogP contribution is -2.47. The second kappa shape index (κ2) is 8.11. The third-order valence-corrected chi connectivity index (χ3v) is 5.77. The highest BCUT2D eigenvalue weighted by molar-refractivity contribution is 5.98. The number of aryl methyl sites for hydroxylation is 1. The summed E-state index contributed by atoms with van der Waals surface area (Å²) < 4.78 is 38.5. The summed E-state index contributed by atoms with van der Waals surface area (Å²) in [5.41, 5.74) is 7.24. The van der Waals surface area contributed by atoms with E-state index in [9.17, 15) is 18.0 Å². The Labute approximate surface area is 182 Å². The van der Waals surface area contributed by atoms with Gasteiger partial charge in [0.05, 0.1) is 35.3 Å². The number of rotatable bonds is 4. The number of nitrogen functional groups attached to an aromatic ring is 1. The topological polar surface area (TPSA) is 95.9 Å². The van der Waals surface area contributed by atoms with Crippen molar-refractivity contribution < 1.29 is 18.0 Å². The van der Waals surface area contributed by atoms with Crippen LogP contribution in [-0.2, 0) is 12.7 Å². The van der Waals surface area contributed by atoms with Gasteiger partial charge in [0.15, 0.2) is 0 Å². The first-order valence-electron chi connectivity index (χ1n) is 10.1. The number of fused-ring (bicyclic) bond motifs is 1. The van der Waals surface area contributed by atoms with Crippen molar-refractivity contribution in [3.05, 3.63) is 65.0 Å². The highest BCUT2D eigenvalue weighted by atomic mass is 19.4. The van der Waals surface area contributed by atoms with Crippen LogP contribution in [0.5, 0.6) is 0 Å². The average Bonchev–Trinajstić information content (AvgIpc) is 2.72. The zero-order valence-electron chi connectivity index (χ0n) is 17.2. The summed E-state index contributed by atoms with van der Waals surface area (Å²) in [5, 5.41) is 9.88. The van der Waals surface area contributed by atoms with E-state index in [-0.39, 0.29) is 24.4 Å². The fourth-order valence-electron chi connectivity index (χ4n) is 3.77. The van der Waals surface area contributed by atoms with Crippen LogP contribution in [0.25, 0.3) is 10.9 Å². The molecule has 1 saturated carbocycles. The van der Waals surface area contributed by atoms with Crippen LogP contribution in [0.3, 0.4) is 0 Å². The van der Waals surface area contributed by atoms with E-state index < -0.39 is 11.7 Å². The van der Waals surface area contributed by atoms with Crippen molar-refractivity contribution in [1.82, 2.24) is 14.9 Å². The van der Waals surface area contributed by atoms with Crippen LogP contribution in [0.2, 0.25) is 0 Å². The Morgan fingerprint density at radius 3 is 2.62 bits per heavy atom. The Kier molecular flexibility index (Phi) is 5.46. The molecule has 0 atom stereocenters. The molecule has 1 fully saturated rings. The maximum Gasteiger partial charge on any atom is 0.417 e. The zero-order valence-corrected chi connectivity index (χ0v) is 17.2. The predicted octanol–water partition coefficient (Wildman–Crippen LogP) is 4.48. The molecule has 1 aliphatic carbocycles. The van der Waals surface area contributed by atoms with Gasteiger partial charge in [0, 0.05) is 23.2 Å². The molecule has 0 bridgehead atoms. The van der Waals surface area contributed by atoms with E-state index in [2.05, 4.69) is 16.0 Å². The van der Waals surface area contributed by atoms with Crippen molar-refractivity contribution in [1.29, 1.82) is 5.26 Å². The van der Waals surface area contributed by atoms with Crippen molar-refractivity contribution >= 4 is 22.6 Å². The summed E-state index contributed by atoms with van der Waals surface area (Å²) in [7, 11) is 0. The maximum absolute atomic E-state index is 13.4. The molecule has 9 heteroatoms. The molecule has 0 aliphatic heterocycles. The molecule has 0 spiro atoms. The van der Waals surface area contributed by atoms with Gasteiger partial charge in [-0.25, -0.2) is 4.98 Å². The number of benzene rings is 1. The van der Waals surface area contributed by atoms with Crippen molar-refractivity contribution in [2.24, 2.45) is 5.92 Å². The van der Waals surface area contributed by atoms with E-state index in [1.807, 2.05) is 13.0 Å². The minimum Gasteiger partial charge on any atom is -0.383 e. The van der Waals surface area contributed by atoms with Gasteiger partial charge in [0.25, 0.3) is 5.91 Å². The van der Waals surface area contributed by atoms with Gasteiger partial charge < -0.3 is 10.6 Å². The lowest BCUT2D eigenvalue weighted by molar-refractivity contribution is -0.137. The average molecular weight is 439 g/mol. The number of alkyl halides is 3. The normalized spacial score (nSPS) is 18.1. The highest BCUT2D eigenvalue weighted by Gasteiger charge is 2.37. The molecule has 0 unspecified atom stereocenters. The first kappa shape index (κ1) is 21.6. The van der Waals surface area contributed by atoms with Crippen molar-refractivity contribution in [3.63, 3.8) is 0 Å². The van der Waals surface area contributed by atoms with Crippen molar-refractivity contribution in [3.8, 4) is 6.07 Å². The van der Waals surface area contributed by atoms with Crippen LogP contribution in [0.1, 0.15) is 40.0 Å². The molecule has 0 saturated heterocycles. The number of hydrogen-bond acceptors (Lipinski definition) is 5. The Morgan fingerprint density at radius 1 is 1.25 bits per heavy atom. The van der Waals surface area contributed by atoms with Crippen LogP contribution < -0.4 is 5.73 Å². The van der Waals surface area contributed by atoms with Gasteiger partial charge in [-0.15, -0.1) is 0 Å². The molecule has 6 nitrogen and oxygen atoms in total. The fourth-order valence-corrected chi connectivity index (χ4v) is 3.77. The van der Waals surface area contributed by atoms with E-state index in [4.69, 9.17) is 11.0 Å². The Morgan fingerprint density at radius 2 is 2.00 bits per heavy atom. The molecule has 2 heterocycles. The molecular formula is C23H20F3N5O. The Hall–Kier alpha value is -3.67. The van der Waals surface area contributed by atoms with E-state index in [1.165, 1.54) is 6.07 Å². The molecule has 3 aromatic rings. The standard InChI is InChI=1S/C23H20F3N5O/c1-13-6-16-9-15(2-5-20(16)30-21(13)28)22(32)31(19-7-14(8-19)10-27)12-18-4-3-17(11-29-18)23(24,25)26/h2-6,9,11,14,19H,7-8,12H2,1H3,(H2,28,30)/t14-,19+. The van der Waals surface area contributed by atoms with Crippen LogP contribution in [0, 0.1) is 24.2 Å². The third kappa shape index (κ3) is 4.21. The fraction of sp³-hybridized carbons (Fsp3) is 0.304. The number of nitriles is 1. The van der Waals surface area contributed by atoms with Gasteiger partial charge >= 0.3 is 6.18 Å². The van der Waals surface area contributed by atoms with Gasteiger partial charge in [0.2, 0.25) is 0 Å². The molecule has 1 amide bonds. The molecule has 164 valence electrons. The molecule has 4 rings (SSSR count). The SMILES string of the molecule is Cc1cc2cc(C(=O)N(Cc3ccc(C(F)(F)F)cn3)[C@H]3C[C@@H](C#N)C3)ccc2nc1N. The van der Waals surface area contributed by atoms with Crippen LogP contribution in [0.15, 0.2) is 42.6 Å². The summed E-state index contributed by atoms with van der Waals surface area (Å²) in [6.45, 7) is 1.88. The lowest BCUT2D eigenvalue weighted by Gasteiger charge is -2.40. The highest BCUT2D eigenvalue weighted by Crippen LogP contribution is 2.34. The van der Waals surface area contributed by atoms with Crippen LogP contribution >= 0.6 is 0 Å². The van der Waals surface area contributed by atoms with Gasteiger partial charge in [-0.3, -0.25) is 9.78 Å². The van der Waals surface area contributed by atoms with Crippen molar-refractivity contribution in [2.75, 3.05) is 5.73 Å². The van der Waals surface area contributed by atoms with E-state index in [0.29, 0.717) is 35.4 Å². The Bertz CT molecular complexity index is 1210. The molecular weight excluding hydrogens is 419 g/mol. The number of carbonyl (C=O) groups is 1. The molecule has 0 radical (unpaired) electrons. The second-order valence-corrected chi connectivity index (χ2v) is 8.02. The quantitative estimate of drug-likeness (QED) is 0.647. The number of aromatic nitrogens is 2. The van der Waals surface area contributed by atoms with Crippen molar-refractivity contribution in [2.45, 2.75) is 38.5 Å². The zero-order chi connectivity index (χ0) is 23.0. The monoisotopic (exact) mass is 439 g/mol. The third-order valence-electron chi connectivity index (χ3n) is 5.77. The minimum atomic E-state index is -4.48. The van der Waals surface area contributed by atoms with E-state index in [0.717, 1.165) is 23.2 Å². The predicted molar refractivity (Wildman–Crippen MR) is 112 cm³/mol. The van der Waals surface area contributed by atoms with Gasteiger partial charge in [-0.2, -0.15) is 18.4 Å². The van der Waals surface area contributed by atoms with E-state index >= 15 is 0 Å². The lowest BCUT2D eigenvalue weighted by atomic mass is 9.80. The Balaban J connectivity index is 1.63. The number of halogens is 3. The summed E-state index contributed by atoms with van der Waals surface area (Å²) >= 11 is 0. The molecule has 2 N–H and O–H groups in total. The largest absolute Gasteiger partial charge is 0.417 e. The molecule has 2 aromatic heterocycles. The summed E-state index contributed by atoms with van der Waals surface area (Å²) in [5.74, 6) is 0.00959.